The van der Waals surface area contributed by atoms with Crippen molar-refractivity contribution in [2.75, 3.05) is 67.5 Å². The van der Waals surface area contributed by atoms with Crippen molar-refractivity contribution in [3.8, 4) is 0 Å². The van der Waals surface area contributed by atoms with Crippen molar-refractivity contribution >= 4 is 70.0 Å². The Morgan fingerprint density at radius 1 is 0.457 bits per heavy atom. The molecule has 2 aromatic carbocycles. The zero-order chi connectivity index (χ0) is 32.4. The summed E-state index contributed by atoms with van der Waals surface area (Å²) in [4.78, 5) is 53.5. The monoisotopic (exact) mass is 842 g/mol. The molecule has 0 aliphatic carbocycles. The molecule has 0 radical (unpaired) electrons. The highest BCUT2D eigenvalue weighted by Gasteiger charge is 2.37. The van der Waals surface area contributed by atoms with Gasteiger partial charge in [0, 0.05) is 25.9 Å². The zero-order valence-electron chi connectivity index (χ0n) is 26.5. The SMILES string of the molecule is C[N+](C)(CCCCCC[N+](C)(C)CCCN1C(=O)c2cc(Cl)c(Cl)cc2C1=O)CCCN1C(=O)c2cc(Cl)c(Cl)cc2C1=O.[Br-].[Br-]. The maximum atomic E-state index is 12.7. The average Bonchev–Trinajstić information content (AvgIpc) is 3.30. The summed E-state index contributed by atoms with van der Waals surface area (Å²) in [5.74, 6) is -1.24. The number of quaternary nitrogens is 2. The zero-order valence-corrected chi connectivity index (χ0v) is 32.7. The van der Waals surface area contributed by atoms with Crippen molar-refractivity contribution < 1.29 is 62.1 Å². The van der Waals surface area contributed by atoms with Gasteiger partial charge in [0.15, 0.2) is 0 Å². The van der Waals surface area contributed by atoms with Crippen LogP contribution in [0.3, 0.4) is 0 Å². The number of carbonyl (C=O) groups is 4. The van der Waals surface area contributed by atoms with E-state index in [0.717, 1.165) is 60.8 Å². The van der Waals surface area contributed by atoms with Crippen LogP contribution in [0, 0.1) is 0 Å². The van der Waals surface area contributed by atoms with Crippen LogP contribution in [-0.4, -0.2) is 110 Å². The van der Waals surface area contributed by atoms with Gasteiger partial charge in [-0.15, -0.1) is 0 Å². The van der Waals surface area contributed by atoms with Gasteiger partial charge in [-0.2, -0.15) is 0 Å². The molecule has 14 heteroatoms. The number of amides is 4. The van der Waals surface area contributed by atoms with Gasteiger partial charge in [0.25, 0.3) is 23.6 Å². The summed E-state index contributed by atoms with van der Waals surface area (Å²) in [6.07, 6.45) is 5.88. The molecule has 254 valence electrons. The summed E-state index contributed by atoms with van der Waals surface area (Å²) in [5.41, 5.74) is 1.27. The van der Waals surface area contributed by atoms with E-state index >= 15 is 0 Å². The van der Waals surface area contributed by atoms with E-state index in [2.05, 4.69) is 28.2 Å². The lowest BCUT2D eigenvalue weighted by atomic mass is 10.1. The van der Waals surface area contributed by atoms with Crippen molar-refractivity contribution in [2.45, 2.75) is 38.5 Å². The Morgan fingerprint density at radius 3 is 0.957 bits per heavy atom. The Balaban J connectivity index is 0.00000368. The average molecular weight is 846 g/mol. The molecule has 4 rings (SSSR count). The third-order valence-corrected chi connectivity index (χ3v) is 10.0. The minimum absolute atomic E-state index is 0. The lowest BCUT2D eigenvalue weighted by Gasteiger charge is -2.31. The first kappa shape index (κ1) is 40.9. The third kappa shape index (κ3) is 9.68. The van der Waals surface area contributed by atoms with Crippen LogP contribution in [0.15, 0.2) is 24.3 Å². The van der Waals surface area contributed by atoms with Crippen LogP contribution in [-0.2, 0) is 0 Å². The van der Waals surface area contributed by atoms with Crippen LogP contribution in [0.4, 0.5) is 0 Å². The lowest BCUT2D eigenvalue weighted by Crippen LogP contribution is -3.00. The van der Waals surface area contributed by atoms with Crippen molar-refractivity contribution in [1.82, 2.24) is 9.80 Å². The molecule has 4 amide bonds. The molecule has 2 heterocycles. The van der Waals surface area contributed by atoms with Crippen LogP contribution in [0.1, 0.15) is 80.0 Å². The molecule has 0 N–H and O–H groups in total. The molecule has 0 unspecified atom stereocenters. The molecule has 2 aliphatic heterocycles. The van der Waals surface area contributed by atoms with E-state index < -0.39 is 0 Å². The van der Waals surface area contributed by atoms with Crippen LogP contribution in [0.25, 0.3) is 0 Å². The van der Waals surface area contributed by atoms with Gasteiger partial charge in [0.05, 0.1) is 96.7 Å². The van der Waals surface area contributed by atoms with Crippen molar-refractivity contribution in [3.05, 3.63) is 66.6 Å². The number of hydrogen-bond donors (Lipinski definition) is 0. The van der Waals surface area contributed by atoms with Crippen LogP contribution in [0.2, 0.25) is 20.1 Å². The van der Waals surface area contributed by atoms with Crippen molar-refractivity contribution in [3.63, 3.8) is 0 Å². The molecule has 0 saturated heterocycles. The summed E-state index contributed by atoms with van der Waals surface area (Å²) in [6.45, 7) is 4.47. The Labute approximate surface area is 312 Å². The van der Waals surface area contributed by atoms with E-state index in [-0.39, 0.29) is 77.7 Å². The maximum absolute atomic E-state index is 12.7. The first-order valence-corrected chi connectivity index (χ1v) is 16.5. The number of halogens is 6. The van der Waals surface area contributed by atoms with E-state index in [0.29, 0.717) is 48.2 Å². The molecule has 0 aromatic heterocycles. The van der Waals surface area contributed by atoms with Gasteiger partial charge in [-0.05, 0) is 49.9 Å². The van der Waals surface area contributed by atoms with Crippen molar-refractivity contribution in [2.24, 2.45) is 0 Å². The summed E-state index contributed by atoms with van der Waals surface area (Å²) in [5, 5.41) is 1.08. The first-order valence-electron chi connectivity index (χ1n) is 15.0. The summed E-state index contributed by atoms with van der Waals surface area (Å²) >= 11 is 24.2. The highest BCUT2D eigenvalue weighted by Crippen LogP contribution is 2.33. The fourth-order valence-electron chi connectivity index (χ4n) is 5.94. The second-order valence-corrected chi connectivity index (χ2v) is 14.7. The molecular weight excluding hydrogens is 806 g/mol. The first-order chi connectivity index (χ1) is 20.6. The molecule has 0 bridgehead atoms. The lowest BCUT2D eigenvalue weighted by molar-refractivity contribution is -0.891. The van der Waals surface area contributed by atoms with Crippen molar-refractivity contribution in [1.29, 1.82) is 0 Å². The molecule has 0 saturated carbocycles. The Hall–Kier alpha value is -1.24. The quantitative estimate of drug-likeness (QED) is 0.151. The molecule has 2 aromatic rings. The van der Waals surface area contributed by atoms with Gasteiger partial charge >= 0.3 is 0 Å². The minimum atomic E-state index is -0.311. The Bertz CT molecular complexity index is 1300. The summed E-state index contributed by atoms with van der Waals surface area (Å²) in [7, 11) is 8.72. The second kappa shape index (κ2) is 16.9. The minimum Gasteiger partial charge on any atom is -1.00 e. The fraction of sp³-hybridized carbons (Fsp3) is 0.500. The summed E-state index contributed by atoms with van der Waals surface area (Å²) in [6, 6.07) is 5.91. The van der Waals surface area contributed by atoms with E-state index in [1.807, 2.05) is 0 Å². The van der Waals surface area contributed by atoms with Crippen LogP contribution >= 0.6 is 46.4 Å². The highest BCUT2D eigenvalue weighted by atomic mass is 79.9. The van der Waals surface area contributed by atoms with Gasteiger partial charge in [-0.1, -0.05) is 46.4 Å². The van der Waals surface area contributed by atoms with Gasteiger partial charge in [0.2, 0.25) is 0 Å². The topological polar surface area (TPSA) is 74.8 Å². The number of unbranched alkanes of at least 4 members (excludes halogenated alkanes) is 3. The standard InChI is InChI=1S/C32H40Cl4N4O4.2BrH/c1-39(2,15-9-11-37-29(41)21-17-25(33)26(34)18-22(21)30(37)42)13-7-5-6-8-14-40(3,4)16-10-12-38-31(43)23-19-27(35)28(36)20-24(23)32(38)44;;/h17-20H,5-16H2,1-4H3;2*1H/q+2;;/p-2. The van der Waals surface area contributed by atoms with Gasteiger partial charge in [0.1, 0.15) is 0 Å². The smallest absolute Gasteiger partial charge is 0.261 e. The predicted molar refractivity (Wildman–Crippen MR) is 175 cm³/mol. The molecule has 46 heavy (non-hydrogen) atoms. The Kier molecular flexibility index (Phi) is 15.1. The highest BCUT2D eigenvalue weighted by molar-refractivity contribution is 6.43. The predicted octanol–water partition coefficient (Wildman–Crippen LogP) is 0.694. The molecule has 0 atom stereocenters. The number of carbonyl (C=O) groups excluding carboxylic acids is 4. The van der Waals surface area contributed by atoms with Crippen LogP contribution < -0.4 is 34.0 Å². The second-order valence-electron chi connectivity index (χ2n) is 13.0. The van der Waals surface area contributed by atoms with E-state index in [1.165, 1.54) is 34.1 Å². The molecular formula is C32H40Br2Cl4N4O4. The van der Waals surface area contributed by atoms with E-state index in [1.54, 1.807) is 0 Å². The largest absolute Gasteiger partial charge is 1.00 e. The van der Waals surface area contributed by atoms with Gasteiger partial charge < -0.3 is 42.9 Å². The number of imide groups is 2. The number of nitrogens with zero attached hydrogens (tertiary/aromatic N) is 4. The molecule has 8 nitrogen and oxygen atoms in total. The maximum Gasteiger partial charge on any atom is 0.261 e. The molecule has 2 aliphatic rings. The normalized spacial score (nSPS) is 14.4. The third-order valence-electron chi connectivity index (χ3n) is 8.59. The number of hydrogen-bond acceptors (Lipinski definition) is 4. The number of rotatable bonds is 15. The van der Waals surface area contributed by atoms with Crippen LogP contribution in [0.5, 0.6) is 0 Å². The molecule has 0 fully saturated rings. The van der Waals surface area contributed by atoms with E-state index in [4.69, 9.17) is 46.4 Å². The van der Waals surface area contributed by atoms with Gasteiger partial charge in [-0.3, -0.25) is 29.0 Å². The van der Waals surface area contributed by atoms with E-state index in [9.17, 15) is 19.2 Å². The van der Waals surface area contributed by atoms with Gasteiger partial charge in [-0.25, -0.2) is 0 Å². The summed E-state index contributed by atoms with van der Waals surface area (Å²) < 4.78 is 1.64. The number of fused-ring (bicyclic) bond motifs is 2. The number of benzene rings is 2. The fourth-order valence-corrected chi connectivity index (χ4v) is 6.60. The Morgan fingerprint density at radius 2 is 0.696 bits per heavy atom. The molecule has 0 spiro atoms.